The normalized spacial score (nSPS) is 10.2. The van der Waals surface area contributed by atoms with Crippen LogP contribution in [-0.4, -0.2) is 9.36 Å². The third-order valence-electron chi connectivity index (χ3n) is 1.84. The van der Waals surface area contributed by atoms with E-state index in [4.69, 9.17) is 5.73 Å². The molecule has 0 radical (unpaired) electrons. The molecule has 0 aromatic carbocycles. The zero-order valence-electron chi connectivity index (χ0n) is 7.19. The lowest BCUT2D eigenvalue weighted by Crippen LogP contribution is -1.86. The maximum Gasteiger partial charge on any atom is 0.115 e. The Bertz CT molecular complexity index is 389. The van der Waals surface area contributed by atoms with E-state index < -0.39 is 0 Å². The van der Waals surface area contributed by atoms with Crippen molar-refractivity contribution in [2.45, 2.75) is 6.92 Å². The van der Waals surface area contributed by atoms with Crippen LogP contribution >= 0.6 is 11.5 Å². The minimum Gasteiger partial charge on any atom is -0.389 e. The molecule has 0 amide bonds. The van der Waals surface area contributed by atoms with Crippen molar-refractivity contribution in [1.29, 1.82) is 0 Å². The zero-order chi connectivity index (χ0) is 9.26. The molecule has 2 N–H and O–H groups in total. The maximum atomic E-state index is 5.80. The fraction of sp³-hybridized carbons (Fsp3) is 0.111. The Morgan fingerprint density at radius 2 is 2.31 bits per heavy atom. The molecule has 2 aromatic rings. The minimum atomic E-state index is 0.755. The van der Waals surface area contributed by atoms with Crippen LogP contribution in [0.25, 0.3) is 11.1 Å². The first kappa shape index (κ1) is 8.19. The first-order valence-corrected chi connectivity index (χ1v) is 4.68. The summed E-state index contributed by atoms with van der Waals surface area (Å²) in [5.74, 6) is 0. The van der Waals surface area contributed by atoms with Crippen molar-refractivity contribution in [3.8, 4) is 11.1 Å². The third-order valence-corrected chi connectivity index (χ3v) is 2.61. The number of nitrogens with zero attached hydrogens (tertiary/aromatic N) is 2. The molecule has 0 aliphatic carbocycles. The smallest absolute Gasteiger partial charge is 0.115 e. The van der Waals surface area contributed by atoms with Gasteiger partial charge in [0, 0.05) is 23.5 Å². The molecule has 0 saturated carbocycles. The van der Waals surface area contributed by atoms with Gasteiger partial charge in [0.1, 0.15) is 5.00 Å². The molecule has 13 heavy (non-hydrogen) atoms. The van der Waals surface area contributed by atoms with Gasteiger partial charge in [-0.1, -0.05) is 6.07 Å². The van der Waals surface area contributed by atoms with E-state index in [-0.39, 0.29) is 0 Å². The lowest BCUT2D eigenvalue weighted by molar-refractivity contribution is 1.30. The van der Waals surface area contributed by atoms with E-state index in [1.807, 2.05) is 19.1 Å². The summed E-state index contributed by atoms with van der Waals surface area (Å²) >= 11 is 1.33. The van der Waals surface area contributed by atoms with Crippen LogP contribution in [0.4, 0.5) is 5.00 Å². The molecule has 4 heteroatoms. The van der Waals surface area contributed by atoms with Crippen LogP contribution in [-0.2, 0) is 0 Å². The number of aromatic nitrogens is 2. The van der Waals surface area contributed by atoms with E-state index in [1.54, 1.807) is 12.4 Å². The highest BCUT2D eigenvalue weighted by molar-refractivity contribution is 7.10. The monoisotopic (exact) mass is 191 g/mol. The van der Waals surface area contributed by atoms with Crippen molar-refractivity contribution in [3.63, 3.8) is 0 Å². The van der Waals surface area contributed by atoms with Gasteiger partial charge in [0.05, 0.1) is 5.69 Å². The number of hydrogen-bond donors (Lipinski definition) is 1. The van der Waals surface area contributed by atoms with E-state index in [2.05, 4.69) is 9.36 Å². The van der Waals surface area contributed by atoms with Crippen molar-refractivity contribution >= 4 is 16.5 Å². The molecule has 2 aromatic heterocycles. The van der Waals surface area contributed by atoms with E-state index >= 15 is 0 Å². The van der Waals surface area contributed by atoms with Gasteiger partial charge in [-0.2, -0.15) is 4.37 Å². The van der Waals surface area contributed by atoms with Gasteiger partial charge < -0.3 is 5.73 Å². The Labute approximate surface area is 80.4 Å². The van der Waals surface area contributed by atoms with Crippen molar-refractivity contribution in [1.82, 2.24) is 9.36 Å². The second-order valence-corrected chi connectivity index (χ2v) is 3.55. The lowest BCUT2D eigenvalue weighted by Gasteiger charge is -1.98. The molecule has 2 rings (SSSR count). The molecule has 0 bridgehead atoms. The van der Waals surface area contributed by atoms with Crippen LogP contribution in [0.1, 0.15) is 5.69 Å². The number of nitrogens with two attached hydrogens (primary N) is 1. The molecule has 0 aliphatic heterocycles. The highest BCUT2D eigenvalue weighted by Gasteiger charge is 2.09. The zero-order valence-corrected chi connectivity index (χ0v) is 8.01. The summed E-state index contributed by atoms with van der Waals surface area (Å²) in [6.45, 7) is 1.95. The number of anilines is 1. The van der Waals surface area contributed by atoms with E-state index in [1.165, 1.54) is 11.5 Å². The molecule has 2 heterocycles. The average molecular weight is 191 g/mol. The predicted octanol–water partition coefficient (Wildman–Crippen LogP) is 2.10. The molecule has 0 saturated heterocycles. The molecule has 0 atom stereocenters. The Hall–Kier alpha value is -1.42. The Kier molecular flexibility index (Phi) is 1.98. The van der Waals surface area contributed by atoms with Gasteiger partial charge in [0.2, 0.25) is 0 Å². The van der Waals surface area contributed by atoms with Crippen molar-refractivity contribution in [2.75, 3.05) is 5.73 Å². The largest absolute Gasteiger partial charge is 0.389 e. The van der Waals surface area contributed by atoms with Crippen LogP contribution in [0.5, 0.6) is 0 Å². The number of rotatable bonds is 1. The summed E-state index contributed by atoms with van der Waals surface area (Å²) in [4.78, 5) is 4.04. The maximum absolute atomic E-state index is 5.80. The van der Waals surface area contributed by atoms with Gasteiger partial charge in [-0.25, -0.2) is 0 Å². The Morgan fingerprint density at radius 3 is 2.85 bits per heavy atom. The number of aryl methyl sites for hydroxylation is 1. The fourth-order valence-corrected chi connectivity index (χ4v) is 1.93. The summed E-state index contributed by atoms with van der Waals surface area (Å²) in [6.07, 6.45) is 3.54. The second-order valence-electron chi connectivity index (χ2n) is 2.75. The second kappa shape index (κ2) is 3.14. The topological polar surface area (TPSA) is 51.8 Å². The van der Waals surface area contributed by atoms with Gasteiger partial charge in [0.25, 0.3) is 0 Å². The molecule has 0 fully saturated rings. The highest BCUT2D eigenvalue weighted by Crippen LogP contribution is 2.31. The Morgan fingerprint density at radius 1 is 1.46 bits per heavy atom. The van der Waals surface area contributed by atoms with Crippen LogP contribution in [0.3, 0.4) is 0 Å². The van der Waals surface area contributed by atoms with Gasteiger partial charge >= 0.3 is 0 Å². The van der Waals surface area contributed by atoms with Crippen LogP contribution < -0.4 is 5.73 Å². The fourth-order valence-electron chi connectivity index (χ4n) is 1.25. The first-order valence-electron chi connectivity index (χ1n) is 3.91. The van der Waals surface area contributed by atoms with Crippen LogP contribution in [0.2, 0.25) is 0 Å². The molecular formula is C9H9N3S. The highest BCUT2D eigenvalue weighted by atomic mass is 32.1. The summed E-state index contributed by atoms with van der Waals surface area (Å²) in [5, 5.41) is 0.755. The summed E-state index contributed by atoms with van der Waals surface area (Å²) in [5.41, 5.74) is 8.82. The number of hydrogen-bond acceptors (Lipinski definition) is 4. The summed E-state index contributed by atoms with van der Waals surface area (Å²) < 4.78 is 4.18. The van der Waals surface area contributed by atoms with E-state index in [9.17, 15) is 0 Å². The number of nitrogen functional groups attached to an aromatic ring is 1. The van der Waals surface area contributed by atoms with Crippen molar-refractivity contribution in [3.05, 3.63) is 30.2 Å². The molecule has 0 aliphatic rings. The molecule has 66 valence electrons. The molecule has 0 spiro atoms. The van der Waals surface area contributed by atoms with Crippen LogP contribution in [0.15, 0.2) is 24.5 Å². The average Bonchev–Trinajstić information content (AvgIpc) is 2.48. The van der Waals surface area contributed by atoms with Gasteiger partial charge in [-0.15, -0.1) is 0 Å². The standard InChI is InChI=1S/C9H9N3S/c1-6-8(9(10)13-12-6)7-3-2-4-11-5-7/h2-5H,10H2,1H3. The minimum absolute atomic E-state index is 0.755. The summed E-state index contributed by atoms with van der Waals surface area (Å²) in [6, 6.07) is 3.88. The van der Waals surface area contributed by atoms with Crippen molar-refractivity contribution in [2.24, 2.45) is 0 Å². The van der Waals surface area contributed by atoms with Gasteiger partial charge in [-0.05, 0) is 24.5 Å². The third kappa shape index (κ3) is 1.40. The van der Waals surface area contributed by atoms with E-state index in [0.717, 1.165) is 21.8 Å². The molecule has 0 unspecified atom stereocenters. The Balaban J connectivity index is 2.59. The predicted molar refractivity (Wildman–Crippen MR) is 54.5 cm³/mol. The lowest BCUT2D eigenvalue weighted by atomic mass is 10.1. The molecule has 3 nitrogen and oxygen atoms in total. The van der Waals surface area contributed by atoms with Crippen LogP contribution in [0, 0.1) is 6.92 Å². The van der Waals surface area contributed by atoms with E-state index in [0.29, 0.717) is 0 Å². The summed E-state index contributed by atoms with van der Waals surface area (Å²) in [7, 11) is 0. The van der Waals surface area contributed by atoms with Gasteiger partial charge in [0.15, 0.2) is 0 Å². The molecular weight excluding hydrogens is 182 g/mol. The quantitative estimate of drug-likeness (QED) is 0.751. The first-order chi connectivity index (χ1) is 6.29. The number of pyridine rings is 1. The van der Waals surface area contributed by atoms with Gasteiger partial charge in [-0.3, -0.25) is 4.98 Å². The van der Waals surface area contributed by atoms with Crippen molar-refractivity contribution < 1.29 is 0 Å². The SMILES string of the molecule is Cc1nsc(N)c1-c1cccnc1.